The molecule has 0 fully saturated rings. The van der Waals surface area contributed by atoms with Gasteiger partial charge >= 0.3 is 5.97 Å². The summed E-state index contributed by atoms with van der Waals surface area (Å²) < 4.78 is 4.64. The SMILES string of the molecule is CCCC(CC=O)c1ccc(C(=O)OC)cc1. The third kappa shape index (κ3) is 3.70. The molecule has 0 aliphatic heterocycles. The Kier molecular flexibility index (Phi) is 5.40. The molecule has 1 rings (SSSR count). The molecule has 0 spiro atoms. The van der Waals surface area contributed by atoms with Crippen molar-refractivity contribution in [3.05, 3.63) is 35.4 Å². The molecule has 0 radical (unpaired) electrons. The van der Waals surface area contributed by atoms with Gasteiger partial charge in [-0.2, -0.15) is 0 Å². The molecular formula is C14H18O3. The summed E-state index contributed by atoms with van der Waals surface area (Å²) in [4.78, 5) is 21.9. The van der Waals surface area contributed by atoms with Gasteiger partial charge in [-0.15, -0.1) is 0 Å². The number of hydrogen-bond donors (Lipinski definition) is 0. The summed E-state index contributed by atoms with van der Waals surface area (Å²) >= 11 is 0. The molecule has 0 saturated carbocycles. The maximum absolute atomic E-state index is 11.3. The highest BCUT2D eigenvalue weighted by Crippen LogP contribution is 2.24. The first-order chi connectivity index (χ1) is 8.22. The third-order valence-corrected chi connectivity index (χ3v) is 2.82. The highest BCUT2D eigenvalue weighted by Gasteiger charge is 2.11. The summed E-state index contributed by atoms with van der Waals surface area (Å²) in [6.07, 6.45) is 3.51. The van der Waals surface area contributed by atoms with Gasteiger partial charge in [0.05, 0.1) is 12.7 Å². The molecule has 0 aliphatic carbocycles. The number of methoxy groups -OCH3 is 1. The van der Waals surface area contributed by atoms with Gasteiger partial charge in [-0.3, -0.25) is 0 Å². The highest BCUT2D eigenvalue weighted by atomic mass is 16.5. The number of ether oxygens (including phenoxy) is 1. The van der Waals surface area contributed by atoms with Crippen LogP contribution in [0.3, 0.4) is 0 Å². The van der Waals surface area contributed by atoms with Crippen molar-refractivity contribution in [1.29, 1.82) is 0 Å². The normalized spacial score (nSPS) is 11.9. The average molecular weight is 234 g/mol. The van der Waals surface area contributed by atoms with Gasteiger partial charge in [0.2, 0.25) is 0 Å². The first-order valence-electron chi connectivity index (χ1n) is 5.84. The Morgan fingerprint density at radius 3 is 2.47 bits per heavy atom. The van der Waals surface area contributed by atoms with Crippen LogP contribution < -0.4 is 0 Å². The van der Waals surface area contributed by atoms with Crippen LogP contribution in [-0.4, -0.2) is 19.4 Å². The Labute approximate surface area is 102 Å². The molecule has 0 saturated heterocycles. The van der Waals surface area contributed by atoms with Crippen molar-refractivity contribution < 1.29 is 14.3 Å². The van der Waals surface area contributed by atoms with Crippen LogP contribution in [0.25, 0.3) is 0 Å². The van der Waals surface area contributed by atoms with E-state index in [0.717, 1.165) is 24.7 Å². The van der Waals surface area contributed by atoms with Crippen molar-refractivity contribution in [2.45, 2.75) is 32.1 Å². The van der Waals surface area contributed by atoms with Gasteiger partial charge < -0.3 is 9.53 Å². The lowest BCUT2D eigenvalue weighted by Crippen LogP contribution is -2.03. The van der Waals surface area contributed by atoms with Crippen LogP contribution >= 0.6 is 0 Å². The molecule has 0 amide bonds. The molecule has 3 nitrogen and oxygen atoms in total. The van der Waals surface area contributed by atoms with Crippen LogP contribution in [0, 0.1) is 0 Å². The minimum atomic E-state index is -0.334. The number of aldehydes is 1. The molecule has 1 aromatic carbocycles. The van der Waals surface area contributed by atoms with E-state index in [1.165, 1.54) is 7.11 Å². The monoisotopic (exact) mass is 234 g/mol. The van der Waals surface area contributed by atoms with Gasteiger partial charge in [-0.25, -0.2) is 4.79 Å². The number of hydrogen-bond acceptors (Lipinski definition) is 3. The maximum Gasteiger partial charge on any atom is 0.337 e. The number of carbonyl (C=O) groups is 2. The second-order valence-electron chi connectivity index (χ2n) is 4.00. The summed E-state index contributed by atoms with van der Waals surface area (Å²) in [5, 5.41) is 0. The van der Waals surface area contributed by atoms with E-state index in [1.54, 1.807) is 12.1 Å². The zero-order valence-corrected chi connectivity index (χ0v) is 10.3. The zero-order valence-electron chi connectivity index (χ0n) is 10.3. The van der Waals surface area contributed by atoms with Gasteiger partial charge in [0.1, 0.15) is 6.29 Å². The quantitative estimate of drug-likeness (QED) is 0.561. The Morgan fingerprint density at radius 2 is 2.00 bits per heavy atom. The number of esters is 1. The molecule has 1 atom stereocenters. The summed E-state index contributed by atoms with van der Waals surface area (Å²) in [6, 6.07) is 7.29. The van der Waals surface area contributed by atoms with Crippen molar-refractivity contribution in [3.63, 3.8) is 0 Å². The molecule has 0 heterocycles. The van der Waals surface area contributed by atoms with Crippen LogP contribution in [-0.2, 0) is 9.53 Å². The first-order valence-corrected chi connectivity index (χ1v) is 5.84. The fourth-order valence-electron chi connectivity index (χ4n) is 1.89. The second-order valence-corrected chi connectivity index (χ2v) is 4.00. The average Bonchev–Trinajstić information content (AvgIpc) is 2.38. The van der Waals surface area contributed by atoms with E-state index in [9.17, 15) is 9.59 Å². The van der Waals surface area contributed by atoms with E-state index < -0.39 is 0 Å². The Bertz CT molecular complexity index is 368. The van der Waals surface area contributed by atoms with Gasteiger partial charge in [0.25, 0.3) is 0 Å². The van der Waals surface area contributed by atoms with Crippen LogP contribution in [0.15, 0.2) is 24.3 Å². The molecule has 1 aromatic rings. The van der Waals surface area contributed by atoms with E-state index in [0.29, 0.717) is 12.0 Å². The third-order valence-electron chi connectivity index (χ3n) is 2.82. The van der Waals surface area contributed by atoms with E-state index in [2.05, 4.69) is 11.7 Å². The number of benzene rings is 1. The fraction of sp³-hybridized carbons (Fsp3) is 0.429. The van der Waals surface area contributed by atoms with Crippen molar-refractivity contribution in [2.75, 3.05) is 7.11 Å². The van der Waals surface area contributed by atoms with Crippen molar-refractivity contribution in [3.8, 4) is 0 Å². The summed E-state index contributed by atoms with van der Waals surface area (Å²) in [5.41, 5.74) is 1.64. The fourth-order valence-corrected chi connectivity index (χ4v) is 1.89. The maximum atomic E-state index is 11.3. The molecule has 0 aliphatic rings. The largest absolute Gasteiger partial charge is 0.465 e. The highest BCUT2D eigenvalue weighted by molar-refractivity contribution is 5.89. The Balaban J connectivity index is 2.83. The number of rotatable bonds is 6. The lowest BCUT2D eigenvalue weighted by atomic mass is 9.91. The van der Waals surface area contributed by atoms with Crippen molar-refractivity contribution in [1.82, 2.24) is 0 Å². The van der Waals surface area contributed by atoms with E-state index in [1.807, 2.05) is 12.1 Å². The van der Waals surface area contributed by atoms with Gasteiger partial charge in [0.15, 0.2) is 0 Å². The Hall–Kier alpha value is -1.64. The minimum absolute atomic E-state index is 0.254. The molecule has 0 N–H and O–H groups in total. The number of carbonyl (C=O) groups excluding carboxylic acids is 2. The van der Waals surface area contributed by atoms with Gasteiger partial charge in [-0.05, 0) is 30.0 Å². The molecule has 17 heavy (non-hydrogen) atoms. The van der Waals surface area contributed by atoms with Crippen LogP contribution in [0.2, 0.25) is 0 Å². The molecule has 1 unspecified atom stereocenters. The van der Waals surface area contributed by atoms with Crippen molar-refractivity contribution >= 4 is 12.3 Å². The molecule has 0 aromatic heterocycles. The molecule has 3 heteroatoms. The first kappa shape index (κ1) is 13.4. The molecule has 0 bridgehead atoms. The van der Waals surface area contributed by atoms with Crippen molar-refractivity contribution in [2.24, 2.45) is 0 Å². The lowest BCUT2D eigenvalue weighted by Gasteiger charge is -2.13. The lowest BCUT2D eigenvalue weighted by molar-refractivity contribution is -0.108. The summed E-state index contributed by atoms with van der Waals surface area (Å²) in [5.74, 6) is -0.0804. The smallest absolute Gasteiger partial charge is 0.337 e. The predicted octanol–water partition coefficient (Wildman–Crippen LogP) is 2.95. The van der Waals surface area contributed by atoms with E-state index >= 15 is 0 Å². The van der Waals surface area contributed by atoms with Gasteiger partial charge in [0, 0.05) is 6.42 Å². The Morgan fingerprint density at radius 1 is 1.35 bits per heavy atom. The molecule has 92 valence electrons. The second kappa shape index (κ2) is 6.84. The molecular weight excluding hydrogens is 216 g/mol. The zero-order chi connectivity index (χ0) is 12.7. The summed E-state index contributed by atoms with van der Waals surface area (Å²) in [7, 11) is 1.36. The van der Waals surface area contributed by atoms with Crippen LogP contribution in [0.4, 0.5) is 0 Å². The van der Waals surface area contributed by atoms with Crippen LogP contribution in [0.5, 0.6) is 0 Å². The standard InChI is InChI=1S/C14H18O3/c1-3-4-11(9-10-15)12-5-7-13(8-6-12)14(16)17-2/h5-8,10-11H,3-4,9H2,1-2H3. The van der Waals surface area contributed by atoms with E-state index in [4.69, 9.17) is 0 Å². The topological polar surface area (TPSA) is 43.4 Å². The summed E-state index contributed by atoms with van der Waals surface area (Å²) in [6.45, 7) is 2.10. The van der Waals surface area contributed by atoms with E-state index in [-0.39, 0.29) is 11.9 Å². The predicted molar refractivity (Wildman–Crippen MR) is 66.1 cm³/mol. The minimum Gasteiger partial charge on any atom is -0.465 e. The van der Waals surface area contributed by atoms with Gasteiger partial charge in [-0.1, -0.05) is 25.5 Å². The van der Waals surface area contributed by atoms with Crippen LogP contribution in [0.1, 0.15) is 48.0 Å².